The van der Waals surface area contributed by atoms with E-state index in [1.54, 1.807) is 18.2 Å². The van der Waals surface area contributed by atoms with E-state index in [1.165, 1.54) is 19.6 Å². The minimum Gasteiger partial charge on any atom is -0.453 e. The molecule has 2 aromatic rings. The summed E-state index contributed by atoms with van der Waals surface area (Å²) >= 11 is 0. The largest absolute Gasteiger partial charge is 0.453 e. The first kappa shape index (κ1) is 34.7. The summed E-state index contributed by atoms with van der Waals surface area (Å²) in [4.78, 5) is 19.7. The second-order valence-electron chi connectivity index (χ2n) is 15.1. The van der Waals surface area contributed by atoms with Crippen LogP contribution < -0.4 is 10.2 Å². The second kappa shape index (κ2) is 14.1. The molecule has 0 spiro atoms. The maximum atomic E-state index is 15.0. The number of halogens is 1. The van der Waals surface area contributed by atoms with Crippen LogP contribution in [0.5, 0.6) is 0 Å². The Morgan fingerprint density at radius 1 is 1.02 bits per heavy atom. The third kappa shape index (κ3) is 6.96. The number of β-amino-alcohol motifs (C(OH)–C–C–N with tert-alkyl or cyclic N) is 1. The van der Waals surface area contributed by atoms with E-state index >= 15 is 0 Å². The van der Waals surface area contributed by atoms with Crippen molar-refractivity contribution < 1.29 is 32.2 Å². The summed E-state index contributed by atoms with van der Waals surface area (Å²) in [5.41, 5.74) is 0.759. The number of nitrogens with one attached hydrogen (secondary N) is 1. The fraction of sp³-hybridized carbons (Fsp3) is 0.649. The van der Waals surface area contributed by atoms with Crippen LogP contribution >= 0.6 is 0 Å². The predicted molar refractivity (Wildman–Crippen MR) is 185 cm³/mol. The summed E-state index contributed by atoms with van der Waals surface area (Å²) in [6.07, 6.45) is 5.99. The Balaban J connectivity index is 1.03. The van der Waals surface area contributed by atoms with E-state index in [1.807, 2.05) is 18.2 Å². The molecule has 4 atom stereocenters. The lowest BCUT2D eigenvalue weighted by Gasteiger charge is -2.55. The van der Waals surface area contributed by atoms with E-state index in [0.29, 0.717) is 37.6 Å². The van der Waals surface area contributed by atoms with Crippen LogP contribution in [0.1, 0.15) is 50.5 Å². The molecule has 0 radical (unpaired) electrons. The number of piperidine rings is 1. The van der Waals surface area contributed by atoms with Gasteiger partial charge >= 0.3 is 6.09 Å². The summed E-state index contributed by atoms with van der Waals surface area (Å²) in [6, 6.07) is 14.2. The lowest BCUT2D eigenvalue weighted by Crippen LogP contribution is -2.67. The second-order valence-corrected chi connectivity index (χ2v) is 17.3. The van der Waals surface area contributed by atoms with Gasteiger partial charge in [0.05, 0.1) is 23.9 Å². The Kier molecular flexibility index (Phi) is 9.97. The number of hydrogen-bond acceptors (Lipinski definition) is 9. The minimum absolute atomic E-state index is 0.0393. The number of likely N-dealkylation sites (tertiary alicyclic amines) is 2. The number of hydrogen-bond donors (Lipinski definition) is 2. The highest BCUT2D eigenvalue weighted by Crippen LogP contribution is 2.51. The molecule has 0 bridgehead atoms. The third-order valence-corrected chi connectivity index (χ3v) is 14.3. The van der Waals surface area contributed by atoms with E-state index in [4.69, 9.17) is 9.47 Å². The molecule has 49 heavy (non-hydrogen) atoms. The Labute approximate surface area is 289 Å². The maximum absolute atomic E-state index is 15.0. The SMILES string of the molecule is COC(=O)N[C@H]1CCC[C@@H]1[C@](CN1CCC1)(c1cccc(F)c1)C1CCN(CC2(O)CN(c3ccc(S(=O)(=O)[C@@H]4CCOC4)cc3)C2)CC1. The molecule has 1 amide bonds. The lowest BCUT2D eigenvalue weighted by atomic mass is 9.57. The number of rotatable bonds is 11. The van der Waals surface area contributed by atoms with Crippen LogP contribution in [-0.4, -0.2) is 119 Å². The maximum Gasteiger partial charge on any atom is 0.407 e. The molecule has 10 nitrogen and oxygen atoms in total. The van der Waals surface area contributed by atoms with Crippen LogP contribution in [0.4, 0.5) is 14.9 Å². The van der Waals surface area contributed by atoms with Gasteiger partial charge in [-0.3, -0.25) is 0 Å². The Hall–Kier alpha value is -2.77. The van der Waals surface area contributed by atoms with Gasteiger partial charge in [-0.15, -0.1) is 0 Å². The van der Waals surface area contributed by atoms with Gasteiger partial charge in [0.25, 0.3) is 0 Å². The van der Waals surface area contributed by atoms with Gasteiger partial charge in [0.1, 0.15) is 11.4 Å². The number of amides is 1. The topological polar surface area (TPSA) is 112 Å². The van der Waals surface area contributed by atoms with Crippen LogP contribution in [0.3, 0.4) is 0 Å². The average molecular weight is 699 g/mol. The summed E-state index contributed by atoms with van der Waals surface area (Å²) in [5.74, 6) is 0.215. The van der Waals surface area contributed by atoms with E-state index < -0.39 is 26.8 Å². The van der Waals surface area contributed by atoms with Crippen LogP contribution in [0.25, 0.3) is 0 Å². The van der Waals surface area contributed by atoms with Crippen molar-refractivity contribution in [3.8, 4) is 0 Å². The molecule has 4 aliphatic heterocycles. The van der Waals surface area contributed by atoms with Crippen molar-refractivity contribution in [1.29, 1.82) is 0 Å². The van der Waals surface area contributed by atoms with Gasteiger partial charge in [0.2, 0.25) is 0 Å². The number of methoxy groups -OCH3 is 1. The molecule has 12 heteroatoms. The number of anilines is 1. The quantitative estimate of drug-likeness (QED) is 0.362. The molecule has 1 saturated carbocycles. The van der Waals surface area contributed by atoms with Crippen molar-refractivity contribution in [2.75, 3.05) is 77.6 Å². The molecular formula is C37H51FN4O6S. The summed E-state index contributed by atoms with van der Waals surface area (Å²) < 4.78 is 51.2. The normalized spacial score (nSPS) is 27.7. The molecule has 4 heterocycles. The number of alkyl carbamates (subject to hydrolysis) is 1. The van der Waals surface area contributed by atoms with Gasteiger partial charge in [-0.1, -0.05) is 18.6 Å². The molecule has 5 aliphatic rings. The molecule has 2 N–H and O–H groups in total. The molecule has 1 aliphatic carbocycles. The average Bonchev–Trinajstić information content (AvgIpc) is 3.78. The van der Waals surface area contributed by atoms with E-state index in [2.05, 4.69) is 26.1 Å². The molecule has 5 fully saturated rings. The van der Waals surface area contributed by atoms with Crippen molar-refractivity contribution in [3.05, 3.63) is 59.9 Å². The highest BCUT2D eigenvalue weighted by Gasteiger charge is 2.53. The van der Waals surface area contributed by atoms with Crippen molar-refractivity contribution >= 4 is 21.6 Å². The zero-order valence-corrected chi connectivity index (χ0v) is 29.4. The van der Waals surface area contributed by atoms with Crippen molar-refractivity contribution in [1.82, 2.24) is 15.1 Å². The molecule has 0 aromatic heterocycles. The van der Waals surface area contributed by atoms with Crippen LogP contribution in [-0.2, 0) is 24.7 Å². The molecular weight excluding hydrogens is 647 g/mol. The fourth-order valence-corrected chi connectivity index (χ4v) is 11.1. The molecule has 7 rings (SSSR count). The van der Waals surface area contributed by atoms with Crippen molar-refractivity contribution in [2.24, 2.45) is 11.8 Å². The van der Waals surface area contributed by atoms with E-state index in [9.17, 15) is 22.7 Å². The Bertz CT molecular complexity index is 1570. The number of carbonyl (C=O) groups excluding carboxylic acids is 1. The van der Waals surface area contributed by atoms with Gasteiger partial charge < -0.3 is 34.6 Å². The fourth-order valence-electron chi connectivity index (χ4n) is 9.50. The minimum atomic E-state index is -3.41. The predicted octanol–water partition coefficient (Wildman–Crippen LogP) is 3.82. The number of ether oxygens (including phenoxy) is 2. The van der Waals surface area contributed by atoms with Gasteiger partial charge in [-0.05, 0) is 119 Å². The first-order chi connectivity index (χ1) is 23.6. The Morgan fingerprint density at radius 2 is 1.78 bits per heavy atom. The zero-order chi connectivity index (χ0) is 34.2. The summed E-state index contributed by atoms with van der Waals surface area (Å²) in [7, 11) is -2.01. The van der Waals surface area contributed by atoms with Crippen LogP contribution in [0.2, 0.25) is 0 Å². The molecule has 2 aromatic carbocycles. The highest BCUT2D eigenvalue weighted by molar-refractivity contribution is 7.92. The van der Waals surface area contributed by atoms with Gasteiger partial charge in [0, 0.05) is 49.9 Å². The van der Waals surface area contributed by atoms with Gasteiger partial charge in [0.15, 0.2) is 9.84 Å². The molecule has 268 valence electrons. The summed E-state index contributed by atoms with van der Waals surface area (Å²) in [6.45, 7) is 6.86. The number of carbonyl (C=O) groups is 1. The van der Waals surface area contributed by atoms with E-state index in [-0.39, 0.29) is 35.7 Å². The smallest absolute Gasteiger partial charge is 0.407 e. The standard InChI is InChI=1S/C37H51FN4O6S/c1-47-35(43)39-34-8-3-7-33(34)37(26-40-16-4-17-40,28-5-2-6-29(38)21-28)27-13-18-41(19-14-27)23-36(44)24-42(25-36)30-9-11-31(12-10-30)49(45,46)32-15-20-48-22-32/h2,5-6,9-12,21,27,32-34,44H,3-4,7-8,13-20,22-26H2,1H3,(H,39,43)/t32-,33+,34+,37+/m1/s1. The van der Waals surface area contributed by atoms with Gasteiger partial charge in [-0.2, -0.15) is 0 Å². The van der Waals surface area contributed by atoms with Crippen molar-refractivity contribution in [3.63, 3.8) is 0 Å². The van der Waals surface area contributed by atoms with Gasteiger partial charge in [-0.25, -0.2) is 17.6 Å². The first-order valence-corrected chi connectivity index (χ1v) is 19.6. The molecule has 4 saturated heterocycles. The number of sulfone groups is 1. The highest BCUT2D eigenvalue weighted by atomic mass is 32.2. The monoisotopic (exact) mass is 698 g/mol. The zero-order valence-electron chi connectivity index (χ0n) is 28.6. The van der Waals surface area contributed by atoms with Crippen LogP contribution in [0, 0.1) is 17.7 Å². The number of nitrogens with zero attached hydrogens (tertiary/aromatic N) is 3. The lowest BCUT2D eigenvalue weighted by molar-refractivity contribution is -0.0362. The third-order valence-electron chi connectivity index (χ3n) is 12.1. The van der Waals surface area contributed by atoms with E-state index in [0.717, 1.165) is 76.1 Å². The van der Waals surface area contributed by atoms with Crippen LogP contribution in [0.15, 0.2) is 53.4 Å². The summed E-state index contributed by atoms with van der Waals surface area (Å²) in [5, 5.41) is 14.2. The number of benzene rings is 2. The van der Waals surface area contributed by atoms with Crippen molar-refractivity contribution in [2.45, 2.75) is 72.1 Å². The number of aliphatic hydroxyl groups is 1. The Morgan fingerprint density at radius 3 is 2.41 bits per heavy atom. The molecule has 0 unspecified atom stereocenters. The first-order valence-electron chi connectivity index (χ1n) is 18.0.